The minimum absolute atomic E-state index is 0.389. The van der Waals surface area contributed by atoms with Crippen LogP contribution in [-0.4, -0.2) is 11.0 Å². The Labute approximate surface area is 103 Å². The lowest BCUT2D eigenvalue weighted by Crippen LogP contribution is -2.30. The third-order valence-electron chi connectivity index (χ3n) is 2.89. The number of aromatic nitrogens is 1. The van der Waals surface area contributed by atoms with Gasteiger partial charge in [0.05, 0.1) is 6.04 Å². The molecule has 0 aliphatic rings. The predicted octanol–water partition coefficient (Wildman–Crippen LogP) is 4.07. The lowest BCUT2D eigenvalue weighted by molar-refractivity contribution is 0.409. The third-order valence-corrected chi connectivity index (χ3v) is 4.04. The van der Waals surface area contributed by atoms with Crippen molar-refractivity contribution in [1.82, 2.24) is 10.3 Å². The molecule has 0 saturated heterocycles. The molecule has 0 amide bonds. The fourth-order valence-corrected chi connectivity index (χ4v) is 2.66. The van der Waals surface area contributed by atoms with E-state index in [0.29, 0.717) is 12.1 Å². The molecule has 0 aromatic carbocycles. The van der Waals surface area contributed by atoms with Gasteiger partial charge in [-0.2, -0.15) is 0 Å². The molecule has 0 spiro atoms. The average Bonchev–Trinajstić information content (AvgIpc) is 2.70. The first-order valence-electron chi connectivity index (χ1n) is 6.35. The van der Waals surface area contributed by atoms with Gasteiger partial charge in [0.2, 0.25) is 0 Å². The standard InChI is InChI=1S/C13H24N2S/c1-5-7-8-12(6-2)15-11(4)13-14-10(3)9-16-13/h9,11-12,15H,5-8H2,1-4H3. The summed E-state index contributed by atoms with van der Waals surface area (Å²) in [7, 11) is 0. The molecule has 2 nitrogen and oxygen atoms in total. The monoisotopic (exact) mass is 240 g/mol. The van der Waals surface area contributed by atoms with E-state index in [1.807, 2.05) is 0 Å². The molecule has 2 atom stereocenters. The number of hydrogen-bond acceptors (Lipinski definition) is 3. The summed E-state index contributed by atoms with van der Waals surface area (Å²) in [6.45, 7) is 8.78. The SMILES string of the molecule is CCCCC(CC)NC(C)c1nc(C)cs1. The molecule has 3 heteroatoms. The molecule has 0 radical (unpaired) electrons. The van der Waals surface area contributed by atoms with Crippen molar-refractivity contribution in [2.45, 2.75) is 65.5 Å². The van der Waals surface area contributed by atoms with E-state index < -0.39 is 0 Å². The van der Waals surface area contributed by atoms with Gasteiger partial charge >= 0.3 is 0 Å². The summed E-state index contributed by atoms with van der Waals surface area (Å²) in [5.74, 6) is 0. The maximum absolute atomic E-state index is 4.53. The summed E-state index contributed by atoms with van der Waals surface area (Å²) in [5, 5.41) is 7.02. The van der Waals surface area contributed by atoms with Crippen LogP contribution in [0.3, 0.4) is 0 Å². The van der Waals surface area contributed by atoms with Crippen LogP contribution in [0.2, 0.25) is 0 Å². The predicted molar refractivity (Wildman–Crippen MR) is 72.0 cm³/mol. The van der Waals surface area contributed by atoms with E-state index in [4.69, 9.17) is 0 Å². The van der Waals surface area contributed by atoms with Crippen molar-refractivity contribution in [2.24, 2.45) is 0 Å². The molecule has 0 fully saturated rings. The largest absolute Gasteiger partial charge is 0.305 e. The number of nitrogens with zero attached hydrogens (tertiary/aromatic N) is 1. The van der Waals surface area contributed by atoms with Gasteiger partial charge in [-0.05, 0) is 26.7 Å². The number of aryl methyl sites for hydroxylation is 1. The Kier molecular flexibility index (Phi) is 5.99. The topological polar surface area (TPSA) is 24.9 Å². The van der Waals surface area contributed by atoms with Gasteiger partial charge in [0, 0.05) is 17.1 Å². The highest BCUT2D eigenvalue weighted by Crippen LogP contribution is 2.19. The molecule has 0 saturated carbocycles. The van der Waals surface area contributed by atoms with E-state index in [-0.39, 0.29) is 0 Å². The van der Waals surface area contributed by atoms with E-state index in [1.54, 1.807) is 11.3 Å². The van der Waals surface area contributed by atoms with Crippen molar-refractivity contribution in [3.8, 4) is 0 Å². The highest BCUT2D eigenvalue weighted by Gasteiger charge is 2.13. The van der Waals surface area contributed by atoms with Crippen LogP contribution in [0.1, 0.15) is 63.2 Å². The first kappa shape index (κ1) is 13.7. The summed E-state index contributed by atoms with van der Waals surface area (Å²) in [6.07, 6.45) is 5.08. The van der Waals surface area contributed by atoms with Crippen molar-refractivity contribution >= 4 is 11.3 Å². The van der Waals surface area contributed by atoms with Crippen molar-refractivity contribution in [2.75, 3.05) is 0 Å². The van der Waals surface area contributed by atoms with E-state index in [1.165, 1.54) is 30.7 Å². The van der Waals surface area contributed by atoms with Gasteiger partial charge in [0.1, 0.15) is 5.01 Å². The Balaban J connectivity index is 2.45. The van der Waals surface area contributed by atoms with Crippen LogP contribution in [0, 0.1) is 6.92 Å². The van der Waals surface area contributed by atoms with Gasteiger partial charge in [-0.25, -0.2) is 4.98 Å². The van der Waals surface area contributed by atoms with Crippen LogP contribution in [0.5, 0.6) is 0 Å². The molecule has 1 N–H and O–H groups in total. The second kappa shape index (κ2) is 7.02. The fourth-order valence-electron chi connectivity index (χ4n) is 1.85. The van der Waals surface area contributed by atoms with Gasteiger partial charge in [-0.1, -0.05) is 26.7 Å². The molecular weight excluding hydrogens is 216 g/mol. The normalized spacial score (nSPS) is 15.0. The number of hydrogen-bond donors (Lipinski definition) is 1. The van der Waals surface area contributed by atoms with Gasteiger partial charge in [-0.15, -0.1) is 11.3 Å². The molecule has 1 heterocycles. The molecule has 0 aliphatic carbocycles. The number of nitrogens with one attached hydrogen (secondary N) is 1. The molecule has 1 aromatic rings. The average molecular weight is 240 g/mol. The number of unbranched alkanes of at least 4 members (excludes halogenated alkanes) is 1. The molecule has 92 valence electrons. The molecule has 0 bridgehead atoms. The molecule has 2 unspecified atom stereocenters. The fraction of sp³-hybridized carbons (Fsp3) is 0.769. The summed E-state index contributed by atoms with van der Waals surface area (Å²) in [6, 6.07) is 1.03. The number of rotatable bonds is 7. The smallest absolute Gasteiger partial charge is 0.110 e. The maximum atomic E-state index is 4.53. The second-order valence-electron chi connectivity index (χ2n) is 4.46. The van der Waals surface area contributed by atoms with E-state index in [0.717, 1.165) is 5.69 Å². The quantitative estimate of drug-likeness (QED) is 0.777. The number of thiazole rings is 1. The van der Waals surface area contributed by atoms with E-state index in [9.17, 15) is 0 Å². The van der Waals surface area contributed by atoms with Gasteiger partial charge in [-0.3, -0.25) is 0 Å². The van der Waals surface area contributed by atoms with Crippen LogP contribution in [0.4, 0.5) is 0 Å². The van der Waals surface area contributed by atoms with Crippen molar-refractivity contribution in [1.29, 1.82) is 0 Å². The lowest BCUT2D eigenvalue weighted by atomic mass is 10.1. The zero-order valence-corrected chi connectivity index (χ0v) is 11.7. The summed E-state index contributed by atoms with van der Waals surface area (Å²) < 4.78 is 0. The Morgan fingerprint density at radius 3 is 2.69 bits per heavy atom. The van der Waals surface area contributed by atoms with Gasteiger partial charge < -0.3 is 5.32 Å². The molecule has 16 heavy (non-hydrogen) atoms. The first-order valence-corrected chi connectivity index (χ1v) is 7.23. The molecule has 1 aromatic heterocycles. The minimum Gasteiger partial charge on any atom is -0.305 e. The van der Waals surface area contributed by atoms with Crippen LogP contribution in [-0.2, 0) is 0 Å². The summed E-state index contributed by atoms with van der Waals surface area (Å²) >= 11 is 1.76. The van der Waals surface area contributed by atoms with Crippen molar-refractivity contribution in [3.05, 3.63) is 16.1 Å². The van der Waals surface area contributed by atoms with Gasteiger partial charge in [0.25, 0.3) is 0 Å². The highest BCUT2D eigenvalue weighted by atomic mass is 32.1. The van der Waals surface area contributed by atoms with Crippen LogP contribution < -0.4 is 5.32 Å². The van der Waals surface area contributed by atoms with E-state index in [2.05, 4.69) is 43.4 Å². The Bertz CT molecular complexity index is 296. The molecule has 0 aliphatic heterocycles. The van der Waals surface area contributed by atoms with Crippen molar-refractivity contribution in [3.63, 3.8) is 0 Å². The van der Waals surface area contributed by atoms with Crippen molar-refractivity contribution < 1.29 is 0 Å². The van der Waals surface area contributed by atoms with Crippen LogP contribution in [0.15, 0.2) is 5.38 Å². The Morgan fingerprint density at radius 2 is 2.19 bits per heavy atom. The summed E-state index contributed by atoms with van der Waals surface area (Å²) in [5.41, 5.74) is 1.13. The summed E-state index contributed by atoms with van der Waals surface area (Å²) in [4.78, 5) is 4.53. The highest BCUT2D eigenvalue weighted by molar-refractivity contribution is 7.09. The Morgan fingerprint density at radius 1 is 1.44 bits per heavy atom. The second-order valence-corrected chi connectivity index (χ2v) is 5.35. The minimum atomic E-state index is 0.389. The first-order chi connectivity index (χ1) is 7.67. The molecule has 1 rings (SSSR count). The molecular formula is C13H24N2S. The maximum Gasteiger partial charge on any atom is 0.110 e. The van der Waals surface area contributed by atoms with E-state index >= 15 is 0 Å². The zero-order chi connectivity index (χ0) is 12.0. The zero-order valence-electron chi connectivity index (χ0n) is 10.9. The lowest BCUT2D eigenvalue weighted by Gasteiger charge is -2.20. The Hall–Kier alpha value is -0.410. The van der Waals surface area contributed by atoms with Crippen LogP contribution >= 0.6 is 11.3 Å². The van der Waals surface area contributed by atoms with Gasteiger partial charge in [0.15, 0.2) is 0 Å². The van der Waals surface area contributed by atoms with Crippen LogP contribution in [0.25, 0.3) is 0 Å². The third kappa shape index (κ3) is 4.22.